The summed E-state index contributed by atoms with van der Waals surface area (Å²) < 4.78 is 17.4. The van der Waals surface area contributed by atoms with Crippen LogP contribution in [0.3, 0.4) is 0 Å². The Morgan fingerprint density at radius 1 is 1.33 bits per heavy atom. The molecular formula is C19H33IN4O3. The Labute approximate surface area is 179 Å². The summed E-state index contributed by atoms with van der Waals surface area (Å²) in [6.07, 6.45) is 4.29. The fraction of sp³-hybridized carbons (Fsp3) is 0.737. The molecule has 2 fully saturated rings. The van der Waals surface area contributed by atoms with E-state index in [4.69, 9.17) is 18.9 Å². The number of nitrogens with zero attached hydrogens (tertiary/aromatic N) is 3. The number of furan rings is 1. The summed E-state index contributed by atoms with van der Waals surface area (Å²) in [5.74, 6) is 1.88. The van der Waals surface area contributed by atoms with E-state index in [2.05, 4.69) is 36.1 Å². The quantitative estimate of drug-likeness (QED) is 0.374. The van der Waals surface area contributed by atoms with Crippen LogP contribution in [0, 0.1) is 0 Å². The van der Waals surface area contributed by atoms with Crippen molar-refractivity contribution >= 4 is 29.9 Å². The minimum absolute atomic E-state index is 0. The van der Waals surface area contributed by atoms with Gasteiger partial charge in [-0.05, 0) is 46.0 Å². The van der Waals surface area contributed by atoms with Gasteiger partial charge in [0.25, 0.3) is 0 Å². The third-order valence-electron chi connectivity index (χ3n) is 5.02. The lowest BCUT2D eigenvalue weighted by Crippen LogP contribution is -2.53. The molecule has 2 aliphatic heterocycles. The summed E-state index contributed by atoms with van der Waals surface area (Å²) in [4.78, 5) is 9.35. The third kappa shape index (κ3) is 6.07. The lowest BCUT2D eigenvalue weighted by Gasteiger charge is -2.37. The second kappa shape index (κ2) is 11.2. The molecule has 3 unspecified atom stereocenters. The molecule has 7 nitrogen and oxygen atoms in total. The number of likely N-dealkylation sites (N-methyl/N-ethyl adjacent to an activating group) is 1. The van der Waals surface area contributed by atoms with E-state index < -0.39 is 0 Å². The summed E-state index contributed by atoms with van der Waals surface area (Å²) in [6.45, 7) is 6.82. The first-order valence-corrected chi connectivity index (χ1v) is 9.65. The van der Waals surface area contributed by atoms with Crippen LogP contribution < -0.4 is 5.32 Å². The molecule has 0 aliphatic carbocycles. The van der Waals surface area contributed by atoms with Crippen LogP contribution in [0.15, 0.2) is 27.8 Å². The van der Waals surface area contributed by atoms with Crippen LogP contribution in [0.2, 0.25) is 0 Å². The van der Waals surface area contributed by atoms with Crippen LogP contribution >= 0.6 is 24.0 Å². The zero-order chi connectivity index (χ0) is 18.4. The number of aliphatic imine (C=N–C) groups is 1. The summed E-state index contributed by atoms with van der Waals surface area (Å²) in [6, 6.07) is 4.05. The Morgan fingerprint density at radius 3 is 2.78 bits per heavy atom. The van der Waals surface area contributed by atoms with E-state index >= 15 is 0 Å². The molecule has 3 heterocycles. The van der Waals surface area contributed by atoms with Gasteiger partial charge in [-0.25, -0.2) is 0 Å². The third-order valence-corrected chi connectivity index (χ3v) is 5.02. The van der Waals surface area contributed by atoms with E-state index in [0.29, 0.717) is 13.2 Å². The van der Waals surface area contributed by atoms with E-state index in [1.54, 1.807) is 6.26 Å². The van der Waals surface area contributed by atoms with Crippen molar-refractivity contribution in [1.29, 1.82) is 0 Å². The molecule has 154 valence electrons. The van der Waals surface area contributed by atoms with Crippen LogP contribution in [-0.4, -0.2) is 81.5 Å². The normalized spacial score (nSPS) is 24.7. The highest BCUT2D eigenvalue weighted by Gasteiger charge is 2.32. The smallest absolute Gasteiger partial charge is 0.194 e. The lowest BCUT2D eigenvalue weighted by molar-refractivity contribution is -0.0817. The van der Waals surface area contributed by atoms with Gasteiger partial charge in [0, 0.05) is 26.2 Å². The Bertz CT molecular complexity index is 561. The van der Waals surface area contributed by atoms with Crippen molar-refractivity contribution in [3.63, 3.8) is 0 Å². The molecule has 27 heavy (non-hydrogen) atoms. The largest absolute Gasteiger partial charge is 0.468 e. The summed E-state index contributed by atoms with van der Waals surface area (Å²) in [5.41, 5.74) is 0. The highest BCUT2D eigenvalue weighted by atomic mass is 127. The van der Waals surface area contributed by atoms with Crippen molar-refractivity contribution in [3.05, 3.63) is 24.2 Å². The fourth-order valence-electron chi connectivity index (χ4n) is 3.58. The van der Waals surface area contributed by atoms with E-state index in [-0.39, 0.29) is 42.2 Å². The Balaban J connectivity index is 0.00000261. The number of morpholine rings is 1. The second-order valence-corrected chi connectivity index (χ2v) is 7.10. The van der Waals surface area contributed by atoms with Crippen molar-refractivity contribution in [1.82, 2.24) is 15.1 Å². The predicted molar refractivity (Wildman–Crippen MR) is 117 cm³/mol. The van der Waals surface area contributed by atoms with E-state index in [1.807, 2.05) is 12.1 Å². The van der Waals surface area contributed by atoms with Gasteiger partial charge in [0.2, 0.25) is 0 Å². The van der Waals surface area contributed by atoms with Crippen LogP contribution in [0.25, 0.3) is 0 Å². The van der Waals surface area contributed by atoms with Gasteiger partial charge in [-0.1, -0.05) is 0 Å². The van der Waals surface area contributed by atoms with Crippen LogP contribution in [0.1, 0.15) is 31.6 Å². The first-order valence-electron chi connectivity index (χ1n) is 9.65. The molecule has 0 bridgehead atoms. The molecule has 0 amide bonds. The van der Waals surface area contributed by atoms with Gasteiger partial charge in [0.15, 0.2) is 5.96 Å². The number of ether oxygens (including phenoxy) is 2. The average Bonchev–Trinajstić information content (AvgIpc) is 3.35. The van der Waals surface area contributed by atoms with Gasteiger partial charge in [0.05, 0.1) is 31.6 Å². The predicted octanol–water partition coefficient (Wildman–Crippen LogP) is 2.35. The van der Waals surface area contributed by atoms with E-state index in [0.717, 1.165) is 50.8 Å². The highest BCUT2D eigenvalue weighted by molar-refractivity contribution is 14.0. The lowest BCUT2D eigenvalue weighted by atomic mass is 10.1. The molecule has 1 N–H and O–H groups in total. The Kier molecular flexibility index (Phi) is 9.34. The topological polar surface area (TPSA) is 62.5 Å². The molecular weight excluding hydrogens is 459 g/mol. The van der Waals surface area contributed by atoms with Gasteiger partial charge in [-0.15, -0.1) is 24.0 Å². The SMILES string of the molecule is CCNC(=NCC(c1ccco1)N(C)C)N1CCOC(C2CCCO2)C1.I. The summed E-state index contributed by atoms with van der Waals surface area (Å²) in [5, 5.41) is 3.43. The minimum Gasteiger partial charge on any atom is -0.468 e. The second-order valence-electron chi connectivity index (χ2n) is 7.10. The maximum Gasteiger partial charge on any atom is 0.194 e. The maximum absolute atomic E-state index is 5.97. The van der Waals surface area contributed by atoms with Crippen LogP contribution in [0.5, 0.6) is 0 Å². The number of rotatable bonds is 6. The first kappa shape index (κ1) is 22.4. The molecule has 0 aromatic carbocycles. The van der Waals surface area contributed by atoms with E-state index in [9.17, 15) is 0 Å². The highest BCUT2D eigenvalue weighted by Crippen LogP contribution is 2.22. The molecule has 1 aromatic heterocycles. The van der Waals surface area contributed by atoms with Crippen molar-refractivity contribution in [2.45, 2.75) is 38.0 Å². The van der Waals surface area contributed by atoms with Gasteiger partial charge >= 0.3 is 0 Å². The van der Waals surface area contributed by atoms with Crippen LogP contribution in [0.4, 0.5) is 0 Å². The van der Waals surface area contributed by atoms with Gasteiger partial charge in [-0.2, -0.15) is 0 Å². The fourth-order valence-corrected chi connectivity index (χ4v) is 3.58. The van der Waals surface area contributed by atoms with Crippen molar-refractivity contribution in [2.75, 3.05) is 53.5 Å². The molecule has 0 radical (unpaired) electrons. The molecule has 3 atom stereocenters. The summed E-state index contributed by atoms with van der Waals surface area (Å²) in [7, 11) is 4.11. The first-order chi connectivity index (χ1) is 12.7. The number of guanidine groups is 1. The molecule has 1 aromatic rings. The molecule has 0 saturated carbocycles. The molecule has 2 saturated heterocycles. The van der Waals surface area contributed by atoms with Crippen molar-refractivity contribution < 1.29 is 13.9 Å². The number of hydrogen-bond donors (Lipinski definition) is 1. The van der Waals surface area contributed by atoms with Crippen molar-refractivity contribution in [3.8, 4) is 0 Å². The zero-order valence-corrected chi connectivity index (χ0v) is 18.9. The molecule has 8 heteroatoms. The van der Waals surface area contributed by atoms with Crippen LogP contribution in [-0.2, 0) is 9.47 Å². The van der Waals surface area contributed by atoms with Gasteiger partial charge < -0.3 is 24.1 Å². The molecule has 3 rings (SSSR count). The zero-order valence-electron chi connectivity index (χ0n) is 16.6. The van der Waals surface area contributed by atoms with Crippen molar-refractivity contribution in [2.24, 2.45) is 4.99 Å². The monoisotopic (exact) mass is 492 g/mol. The van der Waals surface area contributed by atoms with Gasteiger partial charge in [0.1, 0.15) is 11.9 Å². The number of halogens is 1. The Morgan fingerprint density at radius 2 is 2.15 bits per heavy atom. The molecule has 0 spiro atoms. The van der Waals surface area contributed by atoms with Gasteiger partial charge in [-0.3, -0.25) is 9.89 Å². The standard InChI is InChI=1S/C19H32N4O3.HI/c1-4-20-19(21-13-15(22(2)3)16-7-5-10-24-16)23-9-12-26-18(14-23)17-8-6-11-25-17;/h5,7,10,15,17-18H,4,6,8-9,11-14H2,1-3H3,(H,20,21);1H. The number of hydrogen-bond acceptors (Lipinski definition) is 5. The maximum atomic E-state index is 5.97. The minimum atomic E-state index is 0. The summed E-state index contributed by atoms with van der Waals surface area (Å²) >= 11 is 0. The average molecular weight is 492 g/mol. The Hall–Kier alpha value is -0.840. The molecule has 2 aliphatic rings. The van der Waals surface area contributed by atoms with E-state index in [1.165, 1.54) is 0 Å². The number of nitrogens with one attached hydrogen (secondary N) is 1.